The summed E-state index contributed by atoms with van der Waals surface area (Å²) in [4.78, 5) is 14.8. The first kappa shape index (κ1) is 24.8. The lowest BCUT2D eigenvalue weighted by atomic mass is 9.92. The molecule has 0 spiro atoms. The molecule has 1 aliphatic heterocycles. The fourth-order valence-corrected chi connectivity index (χ4v) is 4.91. The zero-order chi connectivity index (χ0) is 25.3. The van der Waals surface area contributed by atoms with Gasteiger partial charge in [-0.15, -0.1) is 0 Å². The van der Waals surface area contributed by atoms with Gasteiger partial charge in [0, 0.05) is 12.6 Å². The Bertz CT molecular complexity index is 1250. The summed E-state index contributed by atoms with van der Waals surface area (Å²) in [5, 5.41) is 4.13. The Labute approximate surface area is 206 Å². The summed E-state index contributed by atoms with van der Waals surface area (Å²) < 4.78 is 28.1. The number of rotatable bonds is 6. The minimum absolute atomic E-state index is 0.0544. The van der Waals surface area contributed by atoms with E-state index in [2.05, 4.69) is 6.07 Å². The van der Waals surface area contributed by atoms with Gasteiger partial charge in [0.05, 0.1) is 28.4 Å². The number of hydrogen-bond donors (Lipinski definition) is 0. The predicted octanol–water partition coefficient (Wildman–Crippen LogP) is 5.97. The quantitative estimate of drug-likeness (QED) is 0.404. The third-order valence-electron chi connectivity index (χ3n) is 6.51. The van der Waals surface area contributed by atoms with Crippen LogP contribution in [-0.2, 0) is 11.2 Å². The molecule has 3 aromatic carbocycles. The van der Waals surface area contributed by atoms with Crippen molar-refractivity contribution in [2.24, 2.45) is 0 Å². The molecule has 0 saturated carbocycles. The second kappa shape index (κ2) is 9.72. The summed E-state index contributed by atoms with van der Waals surface area (Å²) >= 11 is 0. The standard InChI is InChI=1S/C28H35NO6/c1-28(2,3)35-27(30)29-10-8-9-19(29)12-17-11-18-13-23(31-4)24(32-5)15-21(18)22-16-26(34-7)25(33-6)14-20(17)22/h11,13-16,19H,8-10,12H2,1-7H3. The molecule has 1 unspecified atom stereocenters. The summed E-state index contributed by atoms with van der Waals surface area (Å²) in [6.07, 6.45) is 2.33. The van der Waals surface area contributed by atoms with Crippen molar-refractivity contribution in [3.05, 3.63) is 35.9 Å². The fraction of sp³-hybridized carbons (Fsp3) is 0.464. The normalized spacial score (nSPS) is 16.0. The molecule has 1 atom stereocenters. The van der Waals surface area contributed by atoms with Crippen molar-refractivity contribution < 1.29 is 28.5 Å². The molecule has 0 N–H and O–H groups in total. The van der Waals surface area contributed by atoms with Gasteiger partial charge in [-0.25, -0.2) is 4.79 Å². The van der Waals surface area contributed by atoms with E-state index in [0.717, 1.165) is 39.9 Å². The Balaban J connectivity index is 1.86. The van der Waals surface area contributed by atoms with Crippen molar-refractivity contribution in [1.29, 1.82) is 0 Å². The van der Waals surface area contributed by atoms with E-state index in [9.17, 15) is 4.79 Å². The first-order valence-corrected chi connectivity index (χ1v) is 11.9. The number of amides is 1. The largest absolute Gasteiger partial charge is 0.493 e. The van der Waals surface area contributed by atoms with Gasteiger partial charge in [-0.3, -0.25) is 0 Å². The minimum Gasteiger partial charge on any atom is -0.493 e. The van der Waals surface area contributed by atoms with Crippen molar-refractivity contribution in [1.82, 2.24) is 4.90 Å². The number of nitrogens with zero attached hydrogens (tertiary/aromatic N) is 1. The van der Waals surface area contributed by atoms with Gasteiger partial charge in [-0.05, 0) is 91.4 Å². The molecule has 7 nitrogen and oxygen atoms in total. The van der Waals surface area contributed by atoms with Gasteiger partial charge in [0.2, 0.25) is 0 Å². The first-order chi connectivity index (χ1) is 16.7. The number of hydrogen-bond acceptors (Lipinski definition) is 6. The highest BCUT2D eigenvalue weighted by molar-refractivity contribution is 6.11. The van der Waals surface area contributed by atoms with Crippen molar-refractivity contribution in [2.75, 3.05) is 35.0 Å². The third-order valence-corrected chi connectivity index (χ3v) is 6.51. The van der Waals surface area contributed by atoms with Gasteiger partial charge < -0.3 is 28.6 Å². The van der Waals surface area contributed by atoms with Gasteiger partial charge >= 0.3 is 6.09 Å². The highest BCUT2D eigenvalue weighted by Crippen LogP contribution is 2.42. The molecule has 35 heavy (non-hydrogen) atoms. The van der Waals surface area contributed by atoms with E-state index in [1.54, 1.807) is 28.4 Å². The summed E-state index contributed by atoms with van der Waals surface area (Å²) in [5.74, 6) is 2.65. The Kier molecular flexibility index (Phi) is 6.88. The molecule has 0 aromatic heterocycles. The molecule has 4 rings (SSSR count). The van der Waals surface area contributed by atoms with Crippen molar-refractivity contribution >= 4 is 27.6 Å². The van der Waals surface area contributed by atoms with Crippen LogP contribution in [0.2, 0.25) is 0 Å². The van der Waals surface area contributed by atoms with E-state index < -0.39 is 5.60 Å². The van der Waals surface area contributed by atoms with E-state index in [4.69, 9.17) is 23.7 Å². The van der Waals surface area contributed by atoms with Crippen LogP contribution in [0.25, 0.3) is 21.5 Å². The smallest absolute Gasteiger partial charge is 0.410 e. The Hall–Kier alpha value is -3.35. The number of fused-ring (bicyclic) bond motifs is 3. The van der Waals surface area contributed by atoms with Crippen LogP contribution in [0.15, 0.2) is 30.3 Å². The number of carbonyl (C=O) groups is 1. The average Bonchev–Trinajstić information content (AvgIpc) is 3.29. The maximum atomic E-state index is 12.9. The van der Waals surface area contributed by atoms with Crippen LogP contribution in [0, 0.1) is 0 Å². The highest BCUT2D eigenvalue weighted by Gasteiger charge is 2.32. The zero-order valence-corrected chi connectivity index (χ0v) is 21.7. The fourth-order valence-electron chi connectivity index (χ4n) is 4.91. The molecule has 0 bridgehead atoms. The molecule has 1 saturated heterocycles. The second-order valence-corrected chi connectivity index (χ2v) is 9.89. The number of likely N-dealkylation sites (tertiary alicyclic amines) is 1. The first-order valence-electron chi connectivity index (χ1n) is 11.9. The highest BCUT2D eigenvalue weighted by atomic mass is 16.6. The lowest BCUT2D eigenvalue weighted by Gasteiger charge is -2.29. The molecule has 188 valence electrons. The molecular weight excluding hydrogens is 446 g/mol. The maximum Gasteiger partial charge on any atom is 0.410 e. The van der Waals surface area contributed by atoms with E-state index in [-0.39, 0.29) is 12.1 Å². The minimum atomic E-state index is -0.528. The molecule has 3 aromatic rings. The van der Waals surface area contributed by atoms with Crippen molar-refractivity contribution in [2.45, 2.75) is 51.7 Å². The van der Waals surface area contributed by atoms with E-state index in [1.165, 1.54) is 0 Å². The Morgan fingerprint density at radius 2 is 1.37 bits per heavy atom. The van der Waals surface area contributed by atoms with E-state index in [0.29, 0.717) is 36.0 Å². The molecule has 1 amide bonds. The SMILES string of the molecule is COc1cc2cc(CC3CCCN3C(=O)OC(C)(C)C)c3cc(OC)c(OC)cc3c2cc1OC. The van der Waals surface area contributed by atoms with Crippen LogP contribution in [0.3, 0.4) is 0 Å². The van der Waals surface area contributed by atoms with E-state index >= 15 is 0 Å². The van der Waals surface area contributed by atoms with Crippen LogP contribution >= 0.6 is 0 Å². The van der Waals surface area contributed by atoms with Crippen LogP contribution in [0.5, 0.6) is 23.0 Å². The van der Waals surface area contributed by atoms with Crippen LogP contribution in [-0.4, -0.2) is 57.6 Å². The Morgan fingerprint density at radius 3 is 1.94 bits per heavy atom. The maximum absolute atomic E-state index is 12.9. The molecule has 1 aliphatic rings. The van der Waals surface area contributed by atoms with Crippen molar-refractivity contribution in [3.63, 3.8) is 0 Å². The molecule has 0 radical (unpaired) electrons. The summed E-state index contributed by atoms with van der Waals surface area (Å²) in [6.45, 7) is 6.39. The van der Waals surface area contributed by atoms with Gasteiger partial charge in [0.1, 0.15) is 5.60 Å². The predicted molar refractivity (Wildman–Crippen MR) is 137 cm³/mol. The van der Waals surface area contributed by atoms with Crippen LogP contribution in [0.4, 0.5) is 4.79 Å². The second-order valence-electron chi connectivity index (χ2n) is 9.89. The summed E-state index contributed by atoms with van der Waals surface area (Å²) in [7, 11) is 6.54. The summed E-state index contributed by atoms with van der Waals surface area (Å²) in [6, 6.07) is 10.2. The van der Waals surface area contributed by atoms with Gasteiger partial charge in [0.15, 0.2) is 23.0 Å². The topological polar surface area (TPSA) is 66.5 Å². The monoisotopic (exact) mass is 481 g/mol. The van der Waals surface area contributed by atoms with Crippen LogP contribution < -0.4 is 18.9 Å². The molecular formula is C28H35NO6. The van der Waals surface area contributed by atoms with Crippen LogP contribution in [0.1, 0.15) is 39.2 Å². The number of benzene rings is 3. The number of carbonyl (C=O) groups excluding carboxylic acids is 1. The van der Waals surface area contributed by atoms with E-state index in [1.807, 2.05) is 49.9 Å². The Morgan fingerprint density at radius 1 is 0.829 bits per heavy atom. The van der Waals surface area contributed by atoms with Gasteiger partial charge in [-0.1, -0.05) is 6.07 Å². The van der Waals surface area contributed by atoms with Gasteiger partial charge in [0.25, 0.3) is 0 Å². The molecule has 0 aliphatic carbocycles. The molecule has 7 heteroatoms. The summed E-state index contributed by atoms with van der Waals surface area (Å²) in [5.41, 5.74) is 0.598. The third kappa shape index (κ3) is 4.90. The zero-order valence-electron chi connectivity index (χ0n) is 21.7. The lowest BCUT2D eigenvalue weighted by Crippen LogP contribution is -2.40. The number of ether oxygens (including phenoxy) is 5. The lowest BCUT2D eigenvalue weighted by molar-refractivity contribution is 0.0227. The number of methoxy groups -OCH3 is 4. The van der Waals surface area contributed by atoms with Gasteiger partial charge in [-0.2, -0.15) is 0 Å². The molecule has 1 heterocycles. The van der Waals surface area contributed by atoms with Crippen molar-refractivity contribution in [3.8, 4) is 23.0 Å². The average molecular weight is 482 g/mol. The molecule has 1 fully saturated rings.